The van der Waals surface area contributed by atoms with E-state index in [1.165, 1.54) is 0 Å². The lowest BCUT2D eigenvalue weighted by atomic mass is 9.91. The zero-order chi connectivity index (χ0) is 12.3. The number of carbonyl (C=O) groups is 1. The van der Waals surface area contributed by atoms with Crippen molar-refractivity contribution < 1.29 is 4.79 Å². The van der Waals surface area contributed by atoms with Crippen LogP contribution in [0.3, 0.4) is 0 Å². The molecule has 15 heavy (non-hydrogen) atoms. The minimum absolute atomic E-state index is 0.0740. The summed E-state index contributed by atoms with van der Waals surface area (Å²) in [5, 5.41) is 0. The Kier molecular flexibility index (Phi) is 4.85. The predicted molar refractivity (Wildman–Crippen MR) is 66.2 cm³/mol. The summed E-state index contributed by atoms with van der Waals surface area (Å²) < 4.78 is 0. The molecule has 0 heterocycles. The van der Waals surface area contributed by atoms with E-state index < -0.39 is 5.41 Å². The van der Waals surface area contributed by atoms with Crippen molar-refractivity contribution in [3.8, 4) is 0 Å². The van der Waals surface area contributed by atoms with Crippen LogP contribution in [-0.4, -0.2) is 28.8 Å². The molecule has 0 unspecified atom stereocenters. The van der Waals surface area contributed by atoms with Crippen molar-refractivity contribution in [1.82, 2.24) is 4.90 Å². The van der Waals surface area contributed by atoms with E-state index in [0.29, 0.717) is 12.4 Å². The van der Waals surface area contributed by atoms with Crippen molar-refractivity contribution in [1.29, 1.82) is 0 Å². The summed E-state index contributed by atoms with van der Waals surface area (Å²) in [5.74, 6) is 0.403. The third-order valence-electron chi connectivity index (χ3n) is 2.28. The van der Waals surface area contributed by atoms with Gasteiger partial charge < -0.3 is 4.90 Å². The molecule has 1 amide bonds. The molecule has 3 heteroatoms. The summed E-state index contributed by atoms with van der Waals surface area (Å²) in [5.41, 5.74) is -0.716. The molecule has 0 aliphatic rings. The highest BCUT2D eigenvalue weighted by Gasteiger charge is 2.35. The molecule has 0 radical (unpaired) electrons. The van der Waals surface area contributed by atoms with Crippen molar-refractivity contribution in [2.24, 2.45) is 5.41 Å². The van der Waals surface area contributed by atoms with Gasteiger partial charge in [-0.05, 0) is 34.6 Å². The van der Waals surface area contributed by atoms with Crippen molar-refractivity contribution in [3.63, 3.8) is 0 Å². The van der Waals surface area contributed by atoms with E-state index in [2.05, 4.69) is 6.58 Å². The first kappa shape index (κ1) is 14.5. The molecule has 0 N–H and O–H groups in total. The number of halogens is 1. The largest absolute Gasteiger partial charge is 0.334 e. The second-order valence-corrected chi connectivity index (χ2v) is 5.66. The Hall–Kier alpha value is -0.500. The minimum Gasteiger partial charge on any atom is -0.334 e. The molecule has 0 aromatic rings. The van der Waals surface area contributed by atoms with Crippen molar-refractivity contribution >= 4 is 17.5 Å². The van der Waals surface area contributed by atoms with Crippen molar-refractivity contribution in [2.45, 2.75) is 40.2 Å². The maximum Gasteiger partial charge on any atom is 0.230 e. The molecule has 0 saturated carbocycles. The zero-order valence-electron chi connectivity index (χ0n) is 10.4. The van der Waals surface area contributed by atoms with Crippen molar-refractivity contribution in [2.75, 3.05) is 12.4 Å². The van der Waals surface area contributed by atoms with Crippen LogP contribution in [0.1, 0.15) is 34.6 Å². The SMILES string of the molecule is C=CCN(C(=O)C(C)(C)CCl)C(C)(C)C. The first-order valence-electron chi connectivity index (χ1n) is 5.15. The van der Waals surface area contributed by atoms with Crippen LogP contribution in [-0.2, 0) is 4.79 Å². The quantitative estimate of drug-likeness (QED) is 0.538. The average Bonchev–Trinajstić information content (AvgIpc) is 2.11. The van der Waals surface area contributed by atoms with Gasteiger partial charge in [0.2, 0.25) is 5.91 Å². The molecular weight excluding hydrogens is 210 g/mol. The first-order chi connectivity index (χ1) is 6.66. The fourth-order valence-corrected chi connectivity index (χ4v) is 1.33. The molecule has 0 fully saturated rings. The Morgan fingerprint density at radius 1 is 1.33 bits per heavy atom. The lowest BCUT2D eigenvalue weighted by molar-refractivity contribution is -0.143. The Bertz CT molecular complexity index is 240. The molecule has 0 saturated heterocycles. The van der Waals surface area contributed by atoms with Gasteiger partial charge in [-0.3, -0.25) is 4.79 Å². The molecule has 0 aromatic carbocycles. The summed E-state index contributed by atoms with van der Waals surface area (Å²) >= 11 is 5.81. The van der Waals surface area contributed by atoms with Crippen LogP contribution in [0.25, 0.3) is 0 Å². The van der Waals surface area contributed by atoms with Gasteiger partial charge in [0.25, 0.3) is 0 Å². The molecule has 88 valence electrons. The third kappa shape index (κ3) is 3.86. The number of amides is 1. The van der Waals surface area contributed by atoms with E-state index in [1.54, 1.807) is 6.08 Å². The Morgan fingerprint density at radius 3 is 2.07 bits per heavy atom. The number of carbonyl (C=O) groups excluding carboxylic acids is 1. The fraction of sp³-hybridized carbons (Fsp3) is 0.750. The molecule has 0 spiro atoms. The molecule has 0 aromatic heterocycles. The van der Waals surface area contributed by atoms with E-state index in [1.807, 2.05) is 39.5 Å². The molecule has 0 aliphatic carbocycles. The normalized spacial score (nSPS) is 12.4. The summed E-state index contributed by atoms with van der Waals surface area (Å²) in [4.78, 5) is 14.0. The molecule has 0 aliphatic heterocycles. The average molecular weight is 232 g/mol. The lowest BCUT2D eigenvalue weighted by Gasteiger charge is -2.39. The van der Waals surface area contributed by atoms with Gasteiger partial charge in [0, 0.05) is 18.0 Å². The Balaban J connectivity index is 4.95. The number of alkyl halides is 1. The van der Waals surface area contributed by atoms with E-state index in [9.17, 15) is 4.79 Å². The van der Waals surface area contributed by atoms with Gasteiger partial charge >= 0.3 is 0 Å². The van der Waals surface area contributed by atoms with Gasteiger partial charge in [-0.25, -0.2) is 0 Å². The van der Waals surface area contributed by atoms with Gasteiger partial charge in [-0.1, -0.05) is 6.08 Å². The van der Waals surface area contributed by atoms with E-state index in [4.69, 9.17) is 11.6 Å². The van der Waals surface area contributed by atoms with Gasteiger partial charge in [0.1, 0.15) is 0 Å². The van der Waals surface area contributed by atoms with Crippen LogP contribution < -0.4 is 0 Å². The monoisotopic (exact) mass is 231 g/mol. The predicted octanol–water partition coefficient (Wildman–Crippen LogP) is 3.06. The highest BCUT2D eigenvalue weighted by molar-refractivity contribution is 6.19. The number of nitrogens with zero attached hydrogens (tertiary/aromatic N) is 1. The number of rotatable bonds is 4. The standard InChI is InChI=1S/C12H22ClNO/c1-7-8-14(11(2,3)4)10(15)12(5,6)9-13/h7H,1,8-9H2,2-6H3. The second kappa shape index (κ2) is 5.02. The number of hydrogen-bond donors (Lipinski definition) is 0. The van der Waals surface area contributed by atoms with Crippen molar-refractivity contribution in [3.05, 3.63) is 12.7 Å². The summed E-state index contributed by atoms with van der Waals surface area (Å²) in [6.45, 7) is 14.0. The lowest BCUT2D eigenvalue weighted by Crippen LogP contribution is -2.51. The highest BCUT2D eigenvalue weighted by Crippen LogP contribution is 2.25. The maximum atomic E-state index is 12.2. The van der Waals surface area contributed by atoms with Crippen LogP contribution in [0.4, 0.5) is 0 Å². The van der Waals surface area contributed by atoms with Gasteiger partial charge in [-0.15, -0.1) is 18.2 Å². The molecule has 2 nitrogen and oxygen atoms in total. The van der Waals surface area contributed by atoms with Crippen LogP contribution in [0.5, 0.6) is 0 Å². The van der Waals surface area contributed by atoms with Gasteiger partial charge in [0.05, 0.1) is 5.41 Å². The molecule has 0 atom stereocenters. The van der Waals surface area contributed by atoms with Crippen LogP contribution in [0, 0.1) is 5.41 Å². The van der Waals surface area contributed by atoms with Gasteiger partial charge in [-0.2, -0.15) is 0 Å². The Morgan fingerprint density at radius 2 is 1.80 bits per heavy atom. The highest BCUT2D eigenvalue weighted by atomic mass is 35.5. The summed E-state index contributed by atoms with van der Waals surface area (Å²) in [6.07, 6.45) is 1.74. The van der Waals surface area contributed by atoms with E-state index in [0.717, 1.165) is 0 Å². The first-order valence-corrected chi connectivity index (χ1v) is 5.69. The van der Waals surface area contributed by atoms with E-state index in [-0.39, 0.29) is 11.4 Å². The minimum atomic E-state index is -0.516. The third-order valence-corrected chi connectivity index (χ3v) is 2.95. The van der Waals surface area contributed by atoms with Crippen LogP contribution >= 0.6 is 11.6 Å². The van der Waals surface area contributed by atoms with Gasteiger partial charge in [0.15, 0.2) is 0 Å². The Labute approximate surface area is 98.3 Å². The topological polar surface area (TPSA) is 20.3 Å². The molecule has 0 rings (SSSR count). The summed E-state index contributed by atoms with van der Waals surface area (Å²) in [7, 11) is 0. The zero-order valence-corrected chi connectivity index (χ0v) is 11.2. The smallest absolute Gasteiger partial charge is 0.230 e. The summed E-state index contributed by atoms with van der Waals surface area (Å²) in [6, 6.07) is 0. The second-order valence-electron chi connectivity index (χ2n) is 5.39. The molecule has 0 bridgehead atoms. The van der Waals surface area contributed by atoms with Crippen LogP contribution in [0.15, 0.2) is 12.7 Å². The fourth-order valence-electron chi connectivity index (χ4n) is 1.21. The number of hydrogen-bond acceptors (Lipinski definition) is 1. The molecular formula is C12H22ClNO. The maximum absolute atomic E-state index is 12.2. The van der Waals surface area contributed by atoms with E-state index >= 15 is 0 Å². The van der Waals surface area contributed by atoms with Crippen LogP contribution in [0.2, 0.25) is 0 Å².